The zero-order valence-electron chi connectivity index (χ0n) is 15.4. The van der Waals surface area contributed by atoms with Crippen LogP contribution < -0.4 is 0 Å². The first kappa shape index (κ1) is 20.5. The largest absolute Gasteiger partial charge is 0.481 e. The number of halogens is 2. The van der Waals surface area contributed by atoms with Gasteiger partial charge in [-0.15, -0.1) is 33.9 Å². The standard InChI is InChI=1S/C19H17ClN4O2S.ClH/c1-9-10(2)27-19-16(9)17(12-4-6-13(20)7-5-12)21-14(8-15(25)26)18-23-22-11(3)24(18)19;/h4-7,14H,8H2,1-3H3,(H,25,26);1H. The first-order valence-electron chi connectivity index (χ1n) is 8.45. The van der Waals surface area contributed by atoms with E-state index in [0.717, 1.165) is 33.2 Å². The molecule has 3 aromatic rings. The monoisotopic (exact) mass is 436 g/mol. The van der Waals surface area contributed by atoms with Crippen molar-refractivity contribution >= 4 is 47.0 Å². The van der Waals surface area contributed by atoms with E-state index in [1.54, 1.807) is 11.3 Å². The molecule has 0 bridgehead atoms. The fraction of sp³-hybridized carbons (Fsp3) is 0.263. The summed E-state index contributed by atoms with van der Waals surface area (Å²) in [6.07, 6.45) is -0.151. The quantitative estimate of drug-likeness (QED) is 0.645. The van der Waals surface area contributed by atoms with Gasteiger partial charge in [0.15, 0.2) is 5.82 Å². The van der Waals surface area contributed by atoms with Crippen LogP contribution in [0.2, 0.25) is 5.02 Å². The number of fused-ring (bicyclic) bond motifs is 3. The van der Waals surface area contributed by atoms with Crippen molar-refractivity contribution in [2.75, 3.05) is 0 Å². The van der Waals surface area contributed by atoms with Crippen LogP contribution in [0.1, 0.15) is 45.7 Å². The Bertz CT molecular complexity index is 1090. The summed E-state index contributed by atoms with van der Waals surface area (Å²) in [4.78, 5) is 17.5. The Hall–Kier alpha value is -2.22. The van der Waals surface area contributed by atoms with E-state index in [1.165, 1.54) is 4.88 Å². The van der Waals surface area contributed by atoms with Crippen LogP contribution in [-0.4, -0.2) is 31.6 Å². The summed E-state index contributed by atoms with van der Waals surface area (Å²) in [5.41, 5.74) is 3.78. The van der Waals surface area contributed by atoms with Gasteiger partial charge in [0.2, 0.25) is 0 Å². The molecule has 1 aliphatic rings. The maximum absolute atomic E-state index is 11.5. The van der Waals surface area contributed by atoms with E-state index in [1.807, 2.05) is 35.8 Å². The van der Waals surface area contributed by atoms with Crippen molar-refractivity contribution in [3.05, 3.63) is 62.5 Å². The van der Waals surface area contributed by atoms with Crippen molar-refractivity contribution in [1.82, 2.24) is 14.8 Å². The van der Waals surface area contributed by atoms with E-state index < -0.39 is 12.0 Å². The highest BCUT2D eigenvalue weighted by Crippen LogP contribution is 2.39. The summed E-state index contributed by atoms with van der Waals surface area (Å²) in [6.45, 7) is 6.00. The van der Waals surface area contributed by atoms with Crippen LogP contribution in [-0.2, 0) is 4.79 Å². The molecule has 0 saturated heterocycles. The molecule has 1 N–H and O–H groups in total. The maximum Gasteiger partial charge on any atom is 0.306 e. The topological polar surface area (TPSA) is 80.4 Å². The Morgan fingerprint density at radius 1 is 1.21 bits per heavy atom. The Balaban J connectivity index is 0.00000225. The lowest BCUT2D eigenvalue weighted by Gasteiger charge is -2.10. The van der Waals surface area contributed by atoms with Crippen molar-refractivity contribution in [2.45, 2.75) is 33.2 Å². The highest BCUT2D eigenvalue weighted by atomic mass is 35.5. The zero-order valence-corrected chi connectivity index (χ0v) is 17.8. The van der Waals surface area contributed by atoms with Gasteiger partial charge in [-0.25, -0.2) is 0 Å². The number of carboxylic acids is 1. The molecule has 0 fully saturated rings. The Labute approximate surface area is 177 Å². The minimum absolute atomic E-state index is 0. The van der Waals surface area contributed by atoms with Crippen molar-refractivity contribution < 1.29 is 9.90 Å². The van der Waals surface area contributed by atoms with Gasteiger partial charge in [-0.3, -0.25) is 14.4 Å². The summed E-state index contributed by atoms with van der Waals surface area (Å²) in [6, 6.07) is 6.84. The van der Waals surface area contributed by atoms with E-state index in [-0.39, 0.29) is 18.8 Å². The normalized spacial score (nSPS) is 15.1. The number of rotatable bonds is 3. The Morgan fingerprint density at radius 3 is 2.54 bits per heavy atom. The number of carbonyl (C=O) groups is 1. The average Bonchev–Trinajstić information content (AvgIpc) is 3.08. The lowest BCUT2D eigenvalue weighted by atomic mass is 9.99. The third-order valence-corrected chi connectivity index (χ3v) is 6.17. The van der Waals surface area contributed by atoms with Gasteiger partial charge in [0.1, 0.15) is 16.9 Å². The highest BCUT2D eigenvalue weighted by Gasteiger charge is 2.32. The maximum atomic E-state index is 11.5. The SMILES string of the molecule is Cc1sc2c(c1C)C(c1ccc(Cl)cc1)=NC(CC(=O)O)c1nnc(C)n1-2.Cl. The van der Waals surface area contributed by atoms with Crippen LogP contribution in [0.5, 0.6) is 0 Å². The fourth-order valence-electron chi connectivity index (χ4n) is 3.30. The highest BCUT2D eigenvalue weighted by molar-refractivity contribution is 7.15. The van der Waals surface area contributed by atoms with Crippen LogP contribution in [0, 0.1) is 20.8 Å². The summed E-state index contributed by atoms with van der Waals surface area (Å²) in [5, 5.41) is 19.5. The number of carboxylic acid groups (broad SMARTS) is 1. The van der Waals surface area contributed by atoms with E-state index in [0.29, 0.717) is 10.8 Å². The molecule has 0 radical (unpaired) electrons. The molecule has 1 atom stereocenters. The van der Waals surface area contributed by atoms with Gasteiger partial charge in [-0.05, 0) is 38.5 Å². The number of thiophene rings is 1. The minimum Gasteiger partial charge on any atom is -0.481 e. The van der Waals surface area contributed by atoms with Gasteiger partial charge >= 0.3 is 5.97 Å². The smallest absolute Gasteiger partial charge is 0.306 e. The third kappa shape index (κ3) is 3.34. The molecular formula is C19H18Cl2N4O2S. The van der Waals surface area contributed by atoms with Crippen LogP contribution in [0.15, 0.2) is 29.3 Å². The number of aryl methyl sites for hydroxylation is 2. The Kier molecular flexibility index (Phi) is 5.61. The van der Waals surface area contributed by atoms with E-state index in [9.17, 15) is 9.90 Å². The number of nitrogens with zero attached hydrogens (tertiary/aromatic N) is 4. The van der Waals surface area contributed by atoms with Gasteiger partial charge in [0.05, 0.1) is 12.1 Å². The van der Waals surface area contributed by atoms with E-state index >= 15 is 0 Å². The second kappa shape index (κ2) is 7.66. The molecule has 1 aliphatic heterocycles. The second-order valence-corrected chi connectivity index (χ2v) is 8.14. The predicted molar refractivity (Wildman–Crippen MR) is 113 cm³/mol. The summed E-state index contributed by atoms with van der Waals surface area (Å²) in [7, 11) is 0. The summed E-state index contributed by atoms with van der Waals surface area (Å²) < 4.78 is 1.94. The molecule has 0 spiro atoms. The number of hydrogen-bond donors (Lipinski definition) is 1. The summed E-state index contributed by atoms with van der Waals surface area (Å²) in [5.74, 6) is 0.348. The molecule has 0 aliphatic carbocycles. The number of aliphatic carboxylic acids is 1. The molecule has 9 heteroatoms. The second-order valence-electron chi connectivity index (χ2n) is 6.50. The van der Waals surface area contributed by atoms with Crippen molar-refractivity contribution in [2.24, 2.45) is 4.99 Å². The number of aliphatic imine (C=N–C) groups is 1. The van der Waals surface area contributed by atoms with Gasteiger partial charge in [0, 0.05) is 21.0 Å². The fourth-order valence-corrected chi connectivity index (χ4v) is 4.64. The minimum atomic E-state index is -0.926. The molecule has 2 aromatic heterocycles. The summed E-state index contributed by atoms with van der Waals surface area (Å²) >= 11 is 7.70. The predicted octanol–water partition coefficient (Wildman–Crippen LogP) is 4.70. The van der Waals surface area contributed by atoms with Gasteiger partial charge in [0.25, 0.3) is 0 Å². The van der Waals surface area contributed by atoms with Crippen LogP contribution in [0.4, 0.5) is 0 Å². The Morgan fingerprint density at radius 2 is 1.89 bits per heavy atom. The third-order valence-electron chi connectivity index (χ3n) is 4.73. The molecule has 0 saturated carbocycles. The van der Waals surface area contributed by atoms with Crippen LogP contribution >= 0.6 is 35.3 Å². The molecule has 1 aromatic carbocycles. The molecule has 3 heterocycles. The molecule has 0 amide bonds. The van der Waals surface area contributed by atoms with Crippen LogP contribution in [0.3, 0.4) is 0 Å². The molecular weight excluding hydrogens is 419 g/mol. The van der Waals surface area contributed by atoms with Crippen molar-refractivity contribution in [1.29, 1.82) is 0 Å². The van der Waals surface area contributed by atoms with Crippen molar-refractivity contribution in [3.63, 3.8) is 0 Å². The first-order valence-corrected chi connectivity index (χ1v) is 9.64. The number of benzene rings is 1. The zero-order chi connectivity index (χ0) is 19.3. The van der Waals surface area contributed by atoms with Gasteiger partial charge < -0.3 is 5.11 Å². The van der Waals surface area contributed by atoms with Gasteiger partial charge in [-0.1, -0.05) is 23.7 Å². The van der Waals surface area contributed by atoms with E-state index in [2.05, 4.69) is 24.0 Å². The van der Waals surface area contributed by atoms with Crippen molar-refractivity contribution in [3.8, 4) is 5.00 Å². The lowest BCUT2D eigenvalue weighted by Crippen LogP contribution is -2.10. The molecule has 6 nitrogen and oxygen atoms in total. The van der Waals surface area contributed by atoms with E-state index in [4.69, 9.17) is 16.6 Å². The van der Waals surface area contributed by atoms with Crippen LogP contribution in [0.25, 0.3) is 5.00 Å². The molecule has 1 unspecified atom stereocenters. The molecule has 146 valence electrons. The molecule has 4 rings (SSSR count). The first-order chi connectivity index (χ1) is 12.9. The number of aromatic nitrogens is 3. The van der Waals surface area contributed by atoms with Gasteiger partial charge in [-0.2, -0.15) is 0 Å². The number of hydrogen-bond acceptors (Lipinski definition) is 5. The molecule has 28 heavy (non-hydrogen) atoms. The lowest BCUT2D eigenvalue weighted by molar-refractivity contribution is -0.137. The average molecular weight is 437 g/mol.